The molecule has 45 heavy (non-hydrogen) atoms. The Morgan fingerprint density at radius 3 is 2.02 bits per heavy atom. The monoisotopic (exact) mass is 639 g/mol. The molecule has 1 fully saturated rings. The molecule has 4 rings (SSSR count). The Kier molecular flexibility index (Phi) is 9.69. The molecule has 0 aromatic heterocycles. The number of urea groups is 1. The maximum atomic E-state index is 14.0. The maximum absolute atomic E-state index is 14.0. The summed E-state index contributed by atoms with van der Waals surface area (Å²) in [5.74, 6) is -0.520. The van der Waals surface area contributed by atoms with E-state index in [1.165, 1.54) is 42.0 Å². The van der Waals surface area contributed by atoms with E-state index in [4.69, 9.17) is 4.74 Å². The van der Waals surface area contributed by atoms with E-state index < -0.39 is 59.6 Å². The van der Waals surface area contributed by atoms with Crippen LogP contribution >= 0.6 is 0 Å². The average molecular weight is 640 g/mol. The van der Waals surface area contributed by atoms with Crippen LogP contribution < -0.4 is 0 Å². The van der Waals surface area contributed by atoms with Crippen LogP contribution in [0.1, 0.15) is 65.4 Å². The highest BCUT2D eigenvalue weighted by atomic mass is 19.4. The molecule has 1 aliphatic heterocycles. The van der Waals surface area contributed by atoms with Gasteiger partial charge in [-0.2, -0.15) is 26.3 Å². The van der Waals surface area contributed by atoms with Crippen molar-refractivity contribution in [3.05, 3.63) is 106 Å². The molecule has 6 nitrogen and oxygen atoms in total. The second-order valence-electron chi connectivity index (χ2n) is 11.0. The Balaban J connectivity index is 1.62. The van der Waals surface area contributed by atoms with Crippen LogP contribution in [0.4, 0.5) is 40.3 Å². The summed E-state index contributed by atoms with van der Waals surface area (Å²) in [6.07, 6.45) is -11.3. The van der Waals surface area contributed by atoms with Gasteiger partial charge in [0.2, 0.25) is 0 Å². The second kappa shape index (κ2) is 13.0. The van der Waals surface area contributed by atoms with Gasteiger partial charge in [0.05, 0.1) is 23.2 Å². The molecule has 3 aromatic carbocycles. The number of carbonyl (C=O) groups is 2. The summed E-state index contributed by atoms with van der Waals surface area (Å²) < 4.78 is 101. The van der Waals surface area contributed by atoms with E-state index in [0.29, 0.717) is 23.3 Å². The minimum atomic E-state index is -5.05. The van der Waals surface area contributed by atoms with Crippen molar-refractivity contribution in [2.45, 2.75) is 51.3 Å². The summed E-state index contributed by atoms with van der Waals surface area (Å²) >= 11 is 0. The van der Waals surface area contributed by atoms with E-state index in [1.54, 1.807) is 38.1 Å². The topological polar surface area (TPSA) is 53.1 Å². The van der Waals surface area contributed by atoms with Crippen LogP contribution in [0.15, 0.2) is 66.7 Å². The number of benzene rings is 3. The Hall–Kier alpha value is -4.29. The molecule has 0 aliphatic carbocycles. The predicted molar refractivity (Wildman–Crippen MR) is 152 cm³/mol. The second-order valence-corrected chi connectivity index (χ2v) is 11.0. The van der Waals surface area contributed by atoms with Crippen LogP contribution in [0.3, 0.4) is 0 Å². The molecule has 3 aromatic rings. The van der Waals surface area contributed by atoms with E-state index in [-0.39, 0.29) is 31.3 Å². The molecule has 1 aliphatic rings. The molecule has 1 saturated heterocycles. The van der Waals surface area contributed by atoms with E-state index in [1.807, 2.05) is 6.07 Å². The summed E-state index contributed by atoms with van der Waals surface area (Å²) in [4.78, 5) is 30.9. The van der Waals surface area contributed by atoms with Crippen LogP contribution in [0, 0.1) is 12.7 Å². The van der Waals surface area contributed by atoms with Gasteiger partial charge in [0, 0.05) is 26.7 Å². The Morgan fingerprint density at radius 2 is 1.47 bits per heavy atom. The summed E-state index contributed by atoms with van der Waals surface area (Å²) in [5, 5.41) is 0. The maximum Gasteiger partial charge on any atom is 0.416 e. The van der Waals surface area contributed by atoms with Gasteiger partial charge < -0.3 is 19.4 Å². The number of nitrogens with zero attached hydrogens (tertiary/aromatic N) is 3. The van der Waals surface area contributed by atoms with Crippen molar-refractivity contribution in [2.75, 3.05) is 26.7 Å². The fourth-order valence-electron chi connectivity index (χ4n) is 5.29. The first-order valence-corrected chi connectivity index (χ1v) is 14.1. The zero-order valence-electron chi connectivity index (χ0n) is 24.9. The zero-order chi connectivity index (χ0) is 33.3. The van der Waals surface area contributed by atoms with Crippen molar-refractivity contribution in [3.63, 3.8) is 0 Å². The lowest BCUT2D eigenvalue weighted by molar-refractivity contribution is -0.143. The van der Waals surface area contributed by atoms with Gasteiger partial charge >= 0.3 is 24.5 Å². The van der Waals surface area contributed by atoms with Gasteiger partial charge in [0.15, 0.2) is 0 Å². The molecule has 0 N–H and O–H groups in total. The number of halogens is 7. The number of piperazine rings is 1. The van der Waals surface area contributed by atoms with Crippen LogP contribution in [0.5, 0.6) is 0 Å². The minimum Gasteiger partial charge on any atom is -0.442 e. The highest BCUT2D eigenvalue weighted by Gasteiger charge is 2.40. The van der Waals surface area contributed by atoms with E-state index in [0.717, 1.165) is 10.5 Å². The fourth-order valence-corrected chi connectivity index (χ4v) is 5.29. The fraction of sp³-hybridized carbons (Fsp3) is 0.375. The summed E-state index contributed by atoms with van der Waals surface area (Å²) in [7, 11) is 1.28. The van der Waals surface area contributed by atoms with Gasteiger partial charge in [-0.25, -0.2) is 14.0 Å². The molecule has 0 spiro atoms. The number of amides is 3. The Bertz CT molecular complexity index is 1500. The third-order valence-electron chi connectivity index (χ3n) is 8.00. The number of aryl methyl sites for hydroxylation is 1. The summed E-state index contributed by atoms with van der Waals surface area (Å²) in [6.45, 7) is 4.61. The molecule has 13 heteroatoms. The number of hydrogen-bond acceptors (Lipinski definition) is 3. The van der Waals surface area contributed by atoms with Crippen LogP contribution in [-0.2, 0) is 17.1 Å². The first-order valence-electron chi connectivity index (χ1n) is 14.1. The molecule has 0 bridgehead atoms. The molecule has 3 amide bonds. The lowest BCUT2D eigenvalue weighted by Crippen LogP contribution is -2.55. The van der Waals surface area contributed by atoms with Crippen molar-refractivity contribution in [3.8, 4) is 0 Å². The van der Waals surface area contributed by atoms with Gasteiger partial charge in [-0.3, -0.25) is 0 Å². The first kappa shape index (κ1) is 33.6. The third-order valence-corrected chi connectivity index (χ3v) is 8.00. The molecule has 0 radical (unpaired) electrons. The minimum absolute atomic E-state index is 0.0301. The van der Waals surface area contributed by atoms with E-state index in [2.05, 4.69) is 0 Å². The molecule has 3 atom stereocenters. The van der Waals surface area contributed by atoms with Crippen molar-refractivity contribution in [1.29, 1.82) is 0 Å². The van der Waals surface area contributed by atoms with Crippen LogP contribution in [0.25, 0.3) is 0 Å². The number of rotatable bonds is 5. The Labute approximate surface area is 256 Å². The van der Waals surface area contributed by atoms with Crippen molar-refractivity contribution >= 4 is 12.1 Å². The zero-order valence-corrected chi connectivity index (χ0v) is 24.9. The molecule has 0 saturated carbocycles. The molecular weight excluding hydrogens is 607 g/mol. The highest BCUT2D eigenvalue weighted by Crippen LogP contribution is 2.39. The van der Waals surface area contributed by atoms with Gasteiger partial charge in [-0.15, -0.1) is 0 Å². The SMILES string of the molecule is Cc1cc(F)ccc1[C@@H]1CN(C(=O)O[C@H](C)c2ccccc2)CCN1C(=O)N(C)[C@H](C)c1cc(C(F)(F)F)cc(C(F)(F)F)c1. The molecule has 242 valence electrons. The molecule has 0 unspecified atom stereocenters. The largest absolute Gasteiger partial charge is 0.442 e. The standard InChI is InChI=1S/C32H32F7N3O3/c1-19-14-26(33)10-11-27(19)28-18-41(30(44)45-21(3)22-8-6-5-7-9-22)12-13-42(28)29(43)40(4)20(2)23-15-24(31(34,35)36)17-25(16-23)32(37,38)39/h5-11,14-17,20-21,28H,12-13,18H2,1-4H3/t20-,21-,28+/m1/s1. The van der Waals surface area contributed by atoms with Crippen molar-refractivity contribution < 1.29 is 45.1 Å². The highest BCUT2D eigenvalue weighted by molar-refractivity contribution is 5.76. The van der Waals surface area contributed by atoms with Crippen LogP contribution in [-0.4, -0.2) is 53.5 Å². The summed E-state index contributed by atoms with van der Waals surface area (Å²) in [5.41, 5.74) is -1.58. The van der Waals surface area contributed by atoms with E-state index >= 15 is 0 Å². The van der Waals surface area contributed by atoms with Gasteiger partial charge in [0.25, 0.3) is 0 Å². The molecular formula is C32H32F7N3O3. The first-order chi connectivity index (χ1) is 21.0. The average Bonchev–Trinajstić information content (AvgIpc) is 2.99. The number of hydrogen-bond donors (Lipinski definition) is 0. The Morgan fingerprint density at radius 1 is 0.867 bits per heavy atom. The summed E-state index contributed by atoms with van der Waals surface area (Å²) in [6, 6.07) is 11.5. The number of alkyl halides is 6. The van der Waals surface area contributed by atoms with Crippen LogP contribution in [0.2, 0.25) is 0 Å². The number of ether oxygens (including phenoxy) is 1. The van der Waals surface area contributed by atoms with E-state index in [9.17, 15) is 40.3 Å². The molecule has 1 heterocycles. The van der Waals surface area contributed by atoms with Crippen molar-refractivity contribution in [1.82, 2.24) is 14.7 Å². The lowest BCUT2D eigenvalue weighted by atomic mass is 9.97. The smallest absolute Gasteiger partial charge is 0.416 e. The van der Waals surface area contributed by atoms with Gasteiger partial charge in [-0.05, 0) is 73.4 Å². The van der Waals surface area contributed by atoms with Crippen molar-refractivity contribution in [2.24, 2.45) is 0 Å². The predicted octanol–water partition coefficient (Wildman–Crippen LogP) is 8.54. The van der Waals surface area contributed by atoms with Gasteiger partial charge in [0.1, 0.15) is 11.9 Å². The lowest BCUT2D eigenvalue weighted by Gasteiger charge is -2.44. The number of carbonyl (C=O) groups excluding carboxylic acids is 2. The third kappa shape index (κ3) is 7.69. The normalized spacial score (nSPS) is 17.1. The van der Waals surface area contributed by atoms with Gasteiger partial charge in [-0.1, -0.05) is 36.4 Å². The quantitative estimate of drug-likeness (QED) is 0.263.